The lowest BCUT2D eigenvalue weighted by Gasteiger charge is -2.19. The Hall–Kier alpha value is -3.58. The quantitative estimate of drug-likeness (QED) is 0.454. The fourth-order valence-corrected chi connectivity index (χ4v) is 4.40. The standard InChI is InChI=1S/C25H19BrN2O4/c1-27-24(29)23-22(16-5-3-2-4-6-16)19-12-17(26)8-9-18(19)25(30)28(23)13-15-7-10-20-21(11-15)32-14-31-20/h2-12H,13-14H2,1H3,(H,27,29). The number of fused-ring (bicyclic) bond motifs is 2. The summed E-state index contributed by atoms with van der Waals surface area (Å²) in [6.45, 7) is 0.384. The SMILES string of the molecule is CNC(=O)c1c(-c2ccccc2)c2cc(Br)ccc2c(=O)n1Cc1ccc2c(c1)OCO2. The number of nitrogens with one attached hydrogen (secondary N) is 1. The molecule has 0 atom stereocenters. The molecule has 1 aliphatic heterocycles. The molecule has 0 spiro atoms. The molecule has 1 aliphatic rings. The van der Waals surface area contributed by atoms with E-state index in [-0.39, 0.29) is 24.8 Å². The second-order valence-corrected chi connectivity index (χ2v) is 8.35. The second-order valence-electron chi connectivity index (χ2n) is 7.44. The van der Waals surface area contributed by atoms with E-state index in [0.717, 1.165) is 21.0 Å². The van der Waals surface area contributed by atoms with E-state index in [2.05, 4.69) is 21.2 Å². The summed E-state index contributed by atoms with van der Waals surface area (Å²) in [6.07, 6.45) is 0. The third-order valence-electron chi connectivity index (χ3n) is 5.52. The topological polar surface area (TPSA) is 69.6 Å². The molecule has 0 unspecified atom stereocenters. The van der Waals surface area contributed by atoms with Gasteiger partial charge >= 0.3 is 0 Å². The molecule has 2 heterocycles. The van der Waals surface area contributed by atoms with Crippen LogP contribution in [0.1, 0.15) is 16.1 Å². The summed E-state index contributed by atoms with van der Waals surface area (Å²) < 4.78 is 13.2. The van der Waals surface area contributed by atoms with Crippen molar-refractivity contribution in [2.75, 3.05) is 13.8 Å². The van der Waals surface area contributed by atoms with Crippen LogP contribution in [0.5, 0.6) is 11.5 Å². The molecule has 3 aromatic carbocycles. The van der Waals surface area contributed by atoms with E-state index >= 15 is 0 Å². The average Bonchev–Trinajstić information content (AvgIpc) is 3.28. The number of ether oxygens (including phenoxy) is 2. The van der Waals surface area contributed by atoms with E-state index in [1.54, 1.807) is 13.1 Å². The van der Waals surface area contributed by atoms with Crippen LogP contribution >= 0.6 is 15.9 Å². The van der Waals surface area contributed by atoms with Crippen molar-refractivity contribution in [3.63, 3.8) is 0 Å². The molecular weight excluding hydrogens is 472 g/mol. The maximum absolute atomic E-state index is 13.6. The van der Waals surface area contributed by atoms with Crippen LogP contribution in [0.2, 0.25) is 0 Å². The number of carbonyl (C=O) groups is 1. The predicted molar refractivity (Wildman–Crippen MR) is 126 cm³/mol. The lowest BCUT2D eigenvalue weighted by Crippen LogP contribution is -2.32. The maximum atomic E-state index is 13.6. The number of amides is 1. The van der Waals surface area contributed by atoms with Crippen molar-refractivity contribution in [1.82, 2.24) is 9.88 Å². The fourth-order valence-electron chi connectivity index (χ4n) is 4.04. The van der Waals surface area contributed by atoms with Crippen LogP contribution in [0, 0.1) is 0 Å². The summed E-state index contributed by atoms with van der Waals surface area (Å²) in [5.41, 5.74) is 2.47. The van der Waals surface area contributed by atoms with E-state index in [0.29, 0.717) is 28.1 Å². The van der Waals surface area contributed by atoms with Gasteiger partial charge in [-0.25, -0.2) is 0 Å². The Labute approximate surface area is 192 Å². The first-order valence-electron chi connectivity index (χ1n) is 10.1. The van der Waals surface area contributed by atoms with Crippen LogP contribution in [0.4, 0.5) is 0 Å². The maximum Gasteiger partial charge on any atom is 0.268 e. The molecule has 0 saturated carbocycles. The van der Waals surface area contributed by atoms with Gasteiger partial charge in [-0.15, -0.1) is 0 Å². The van der Waals surface area contributed by atoms with Gasteiger partial charge in [0, 0.05) is 22.5 Å². The van der Waals surface area contributed by atoms with Crippen LogP contribution in [-0.2, 0) is 6.54 Å². The van der Waals surface area contributed by atoms with Crippen molar-refractivity contribution in [3.05, 3.63) is 92.8 Å². The van der Waals surface area contributed by atoms with E-state index in [9.17, 15) is 9.59 Å². The molecule has 0 radical (unpaired) electrons. The second kappa shape index (κ2) is 8.16. The zero-order chi connectivity index (χ0) is 22.2. The molecular formula is C25H19BrN2O4. The van der Waals surface area contributed by atoms with Gasteiger partial charge in [0.2, 0.25) is 6.79 Å². The summed E-state index contributed by atoms with van der Waals surface area (Å²) in [4.78, 5) is 26.8. The van der Waals surface area contributed by atoms with Gasteiger partial charge in [-0.3, -0.25) is 14.2 Å². The highest BCUT2D eigenvalue weighted by Gasteiger charge is 2.23. The Bertz CT molecular complexity index is 1410. The van der Waals surface area contributed by atoms with Crippen molar-refractivity contribution < 1.29 is 14.3 Å². The average molecular weight is 491 g/mol. The van der Waals surface area contributed by atoms with Crippen molar-refractivity contribution in [1.29, 1.82) is 0 Å². The minimum atomic E-state index is -0.330. The molecule has 7 heteroatoms. The Morgan fingerprint density at radius 2 is 1.78 bits per heavy atom. The molecule has 160 valence electrons. The van der Waals surface area contributed by atoms with Gasteiger partial charge in [-0.05, 0) is 46.8 Å². The highest BCUT2D eigenvalue weighted by Crippen LogP contribution is 2.35. The molecule has 0 saturated heterocycles. The summed E-state index contributed by atoms with van der Waals surface area (Å²) in [7, 11) is 1.57. The molecule has 0 bridgehead atoms. The normalized spacial score (nSPS) is 12.2. The molecule has 1 amide bonds. The predicted octanol–water partition coefficient (Wildman–Crippen LogP) is 4.57. The molecule has 5 rings (SSSR count). The number of carbonyl (C=O) groups excluding carboxylic acids is 1. The van der Waals surface area contributed by atoms with Crippen molar-refractivity contribution >= 4 is 32.6 Å². The highest BCUT2D eigenvalue weighted by atomic mass is 79.9. The molecule has 1 aromatic heterocycles. The summed E-state index contributed by atoms with van der Waals surface area (Å²) in [5.74, 6) is 0.967. The Morgan fingerprint density at radius 1 is 1.00 bits per heavy atom. The minimum Gasteiger partial charge on any atom is -0.454 e. The van der Waals surface area contributed by atoms with Crippen molar-refractivity contribution in [2.24, 2.45) is 0 Å². The Kier molecular flexibility index (Phi) is 5.19. The molecule has 6 nitrogen and oxygen atoms in total. The van der Waals surface area contributed by atoms with Gasteiger partial charge in [0.1, 0.15) is 5.69 Å². The molecule has 0 fully saturated rings. The van der Waals surface area contributed by atoms with Crippen LogP contribution in [0.15, 0.2) is 76.0 Å². The first-order valence-corrected chi connectivity index (χ1v) is 10.9. The zero-order valence-electron chi connectivity index (χ0n) is 17.2. The third kappa shape index (κ3) is 3.44. The summed E-state index contributed by atoms with van der Waals surface area (Å²) >= 11 is 3.51. The highest BCUT2D eigenvalue weighted by molar-refractivity contribution is 9.10. The number of halogens is 1. The Balaban J connectivity index is 1.82. The smallest absolute Gasteiger partial charge is 0.268 e. The fraction of sp³-hybridized carbons (Fsp3) is 0.120. The van der Waals surface area contributed by atoms with E-state index < -0.39 is 0 Å². The number of hydrogen-bond donors (Lipinski definition) is 1. The summed E-state index contributed by atoms with van der Waals surface area (Å²) in [5, 5.41) is 3.97. The first kappa shape index (κ1) is 20.3. The van der Waals surface area contributed by atoms with E-state index in [1.807, 2.05) is 60.7 Å². The van der Waals surface area contributed by atoms with Gasteiger partial charge in [0.25, 0.3) is 11.5 Å². The van der Waals surface area contributed by atoms with Crippen molar-refractivity contribution in [3.8, 4) is 22.6 Å². The number of benzene rings is 3. The van der Waals surface area contributed by atoms with E-state index in [4.69, 9.17) is 9.47 Å². The Morgan fingerprint density at radius 3 is 2.56 bits per heavy atom. The van der Waals surface area contributed by atoms with E-state index in [1.165, 1.54) is 4.57 Å². The van der Waals surface area contributed by atoms with Gasteiger partial charge in [-0.1, -0.05) is 52.3 Å². The van der Waals surface area contributed by atoms with Gasteiger partial charge in [0.05, 0.1) is 6.54 Å². The first-order chi connectivity index (χ1) is 15.6. The minimum absolute atomic E-state index is 0.172. The van der Waals surface area contributed by atoms with Crippen LogP contribution in [-0.4, -0.2) is 24.3 Å². The third-order valence-corrected chi connectivity index (χ3v) is 6.01. The number of nitrogens with zero attached hydrogens (tertiary/aromatic N) is 1. The number of hydrogen-bond acceptors (Lipinski definition) is 4. The van der Waals surface area contributed by atoms with Crippen LogP contribution in [0.25, 0.3) is 21.9 Å². The van der Waals surface area contributed by atoms with Crippen LogP contribution < -0.4 is 20.3 Å². The van der Waals surface area contributed by atoms with Gasteiger partial charge < -0.3 is 14.8 Å². The van der Waals surface area contributed by atoms with Gasteiger partial charge in [0.15, 0.2) is 11.5 Å². The monoisotopic (exact) mass is 490 g/mol. The van der Waals surface area contributed by atoms with Crippen molar-refractivity contribution in [2.45, 2.75) is 6.54 Å². The molecule has 0 aliphatic carbocycles. The lowest BCUT2D eigenvalue weighted by molar-refractivity contribution is 0.0954. The molecule has 1 N–H and O–H groups in total. The lowest BCUT2D eigenvalue weighted by atomic mass is 9.96. The zero-order valence-corrected chi connectivity index (χ0v) is 18.8. The number of rotatable bonds is 4. The summed E-state index contributed by atoms with van der Waals surface area (Å²) in [6, 6.07) is 20.7. The van der Waals surface area contributed by atoms with Gasteiger partial charge in [-0.2, -0.15) is 0 Å². The number of pyridine rings is 1. The molecule has 4 aromatic rings. The number of aromatic nitrogens is 1. The van der Waals surface area contributed by atoms with Crippen LogP contribution in [0.3, 0.4) is 0 Å². The molecule has 32 heavy (non-hydrogen) atoms. The largest absolute Gasteiger partial charge is 0.454 e.